The Hall–Kier alpha value is 0.270. The van der Waals surface area contributed by atoms with Crippen LogP contribution in [-0.2, 0) is 4.08 Å². The van der Waals surface area contributed by atoms with E-state index in [1.165, 1.54) is 41.4 Å². The van der Waals surface area contributed by atoms with Crippen molar-refractivity contribution in [2.45, 2.75) is 23.8 Å². The molecule has 1 saturated heterocycles. The molecule has 0 radical (unpaired) electrons. The summed E-state index contributed by atoms with van der Waals surface area (Å²) in [5.74, 6) is 5.16. The van der Waals surface area contributed by atoms with Crippen LogP contribution < -0.4 is 0 Å². The molecule has 0 saturated carbocycles. The minimum atomic E-state index is 0.335. The smallest absolute Gasteiger partial charge is 0.0868 e. The second-order valence-electron chi connectivity index (χ2n) is 4.12. The van der Waals surface area contributed by atoms with Gasteiger partial charge in [0.15, 0.2) is 0 Å². The number of thioether (sulfide) groups is 3. The first-order chi connectivity index (χ1) is 8.37. The van der Waals surface area contributed by atoms with Gasteiger partial charge >= 0.3 is 0 Å². The molecule has 0 nitrogen and oxygen atoms in total. The predicted octanol–water partition coefficient (Wildman–Crippen LogP) is 4.85. The van der Waals surface area contributed by atoms with Crippen molar-refractivity contribution in [3.8, 4) is 0 Å². The highest BCUT2D eigenvalue weighted by Gasteiger charge is 2.34. The van der Waals surface area contributed by atoms with Gasteiger partial charge in [-0.05, 0) is 41.4 Å². The van der Waals surface area contributed by atoms with Crippen molar-refractivity contribution in [1.82, 2.24) is 0 Å². The van der Waals surface area contributed by atoms with Crippen molar-refractivity contribution < 1.29 is 0 Å². The Labute approximate surface area is 118 Å². The molecule has 0 aliphatic carbocycles. The Morgan fingerprint density at radius 3 is 2.53 bits per heavy atom. The molecule has 1 aliphatic rings. The summed E-state index contributed by atoms with van der Waals surface area (Å²) in [7, 11) is 0. The quantitative estimate of drug-likeness (QED) is 0.709. The summed E-state index contributed by atoms with van der Waals surface area (Å²) >= 11 is 6.40. The van der Waals surface area contributed by atoms with Crippen LogP contribution in [0.15, 0.2) is 30.3 Å². The molecule has 0 atom stereocenters. The zero-order valence-corrected chi connectivity index (χ0v) is 12.8. The molecule has 1 aliphatic heterocycles. The first-order valence-electron chi connectivity index (χ1n) is 6.28. The fourth-order valence-electron chi connectivity index (χ4n) is 2.07. The Morgan fingerprint density at radius 2 is 1.88 bits per heavy atom. The lowest BCUT2D eigenvalue weighted by Crippen LogP contribution is -2.23. The van der Waals surface area contributed by atoms with Crippen molar-refractivity contribution in [3.63, 3.8) is 0 Å². The summed E-state index contributed by atoms with van der Waals surface area (Å²) in [5.41, 5.74) is 1.52. The van der Waals surface area contributed by atoms with E-state index in [1.807, 2.05) is 0 Å². The molecule has 0 unspecified atom stereocenters. The first-order valence-corrected chi connectivity index (χ1v) is 9.41. The number of hydrogen-bond donors (Lipinski definition) is 0. The van der Waals surface area contributed by atoms with Crippen molar-refractivity contribution in [3.05, 3.63) is 35.9 Å². The topological polar surface area (TPSA) is 0 Å². The molecule has 17 heavy (non-hydrogen) atoms. The predicted molar refractivity (Wildman–Crippen MR) is 85.3 cm³/mol. The maximum Gasteiger partial charge on any atom is 0.0868 e. The van der Waals surface area contributed by atoms with Gasteiger partial charge < -0.3 is 0 Å². The van der Waals surface area contributed by atoms with Gasteiger partial charge in [0, 0.05) is 0 Å². The largest absolute Gasteiger partial charge is 0.162 e. The van der Waals surface area contributed by atoms with Crippen molar-refractivity contribution in [1.29, 1.82) is 0 Å². The fraction of sp³-hybridized carbons (Fsp3) is 0.571. The van der Waals surface area contributed by atoms with Gasteiger partial charge in [-0.25, -0.2) is 0 Å². The third-order valence-corrected chi connectivity index (χ3v) is 7.36. The second-order valence-corrected chi connectivity index (χ2v) is 8.56. The molecule has 2 rings (SSSR count). The van der Waals surface area contributed by atoms with Crippen LogP contribution in [0, 0.1) is 0 Å². The van der Waals surface area contributed by atoms with E-state index in [0.717, 1.165) is 0 Å². The van der Waals surface area contributed by atoms with Crippen LogP contribution in [0.1, 0.15) is 25.3 Å². The molecule has 1 fully saturated rings. The summed E-state index contributed by atoms with van der Waals surface area (Å²) in [4.78, 5) is 0. The van der Waals surface area contributed by atoms with E-state index < -0.39 is 0 Å². The molecular weight excluding hydrogens is 264 g/mol. The minimum Gasteiger partial charge on any atom is -0.162 e. The van der Waals surface area contributed by atoms with Gasteiger partial charge in [-0.1, -0.05) is 37.3 Å². The fourth-order valence-corrected chi connectivity index (χ4v) is 6.42. The van der Waals surface area contributed by atoms with Crippen LogP contribution in [0.3, 0.4) is 0 Å². The minimum absolute atomic E-state index is 0.335. The van der Waals surface area contributed by atoms with Crippen molar-refractivity contribution in [2.75, 3.05) is 23.0 Å². The summed E-state index contributed by atoms with van der Waals surface area (Å²) in [5, 5.41) is 0. The first kappa shape index (κ1) is 13.7. The standard InChI is InChI=1S/C14H20S3/c1-2-15-12-9-14(16-10-6-11-17-14)13-7-4-3-5-8-13/h3-5,7-8H,2,6,9-12H2,1H3. The van der Waals surface area contributed by atoms with Crippen LogP contribution in [0.25, 0.3) is 0 Å². The summed E-state index contributed by atoms with van der Waals surface area (Å²) in [6.07, 6.45) is 2.66. The van der Waals surface area contributed by atoms with E-state index in [9.17, 15) is 0 Å². The van der Waals surface area contributed by atoms with Crippen molar-refractivity contribution >= 4 is 35.3 Å². The average Bonchev–Trinajstić information content (AvgIpc) is 2.41. The molecule has 1 aromatic rings. The molecule has 0 aromatic heterocycles. The lowest BCUT2D eigenvalue weighted by molar-refractivity contribution is 0.826. The van der Waals surface area contributed by atoms with Gasteiger partial charge in [0.2, 0.25) is 0 Å². The van der Waals surface area contributed by atoms with Crippen LogP contribution in [0.4, 0.5) is 0 Å². The molecule has 3 heteroatoms. The van der Waals surface area contributed by atoms with Gasteiger partial charge in [0.1, 0.15) is 0 Å². The zero-order chi connectivity index (χ0) is 12.0. The van der Waals surface area contributed by atoms with Crippen molar-refractivity contribution in [2.24, 2.45) is 0 Å². The monoisotopic (exact) mass is 284 g/mol. The summed E-state index contributed by atoms with van der Waals surface area (Å²) in [6.45, 7) is 2.25. The lowest BCUT2D eigenvalue weighted by Gasteiger charge is -2.36. The third-order valence-electron chi connectivity index (χ3n) is 2.95. The molecule has 1 heterocycles. The van der Waals surface area contributed by atoms with Crippen LogP contribution in [0.2, 0.25) is 0 Å². The van der Waals surface area contributed by atoms with Gasteiger partial charge in [-0.3, -0.25) is 0 Å². The normalized spacial score (nSPS) is 19.1. The van der Waals surface area contributed by atoms with E-state index in [-0.39, 0.29) is 0 Å². The van der Waals surface area contributed by atoms with E-state index in [0.29, 0.717) is 4.08 Å². The average molecular weight is 285 g/mol. The summed E-state index contributed by atoms with van der Waals surface area (Å²) in [6, 6.07) is 11.1. The van der Waals surface area contributed by atoms with Crippen LogP contribution in [-0.4, -0.2) is 23.0 Å². The molecular formula is C14H20S3. The van der Waals surface area contributed by atoms with E-state index in [2.05, 4.69) is 72.5 Å². The van der Waals surface area contributed by atoms with Crippen LogP contribution >= 0.6 is 35.3 Å². The highest BCUT2D eigenvalue weighted by molar-refractivity contribution is 8.18. The number of hydrogen-bond acceptors (Lipinski definition) is 3. The highest BCUT2D eigenvalue weighted by Crippen LogP contribution is 2.52. The number of benzene rings is 1. The zero-order valence-electron chi connectivity index (χ0n) is 10.4. The van der Waals surface area contributed by atoms with Crippen LogP contribution in [0.5, 0.6) is 0 Å². The summed E-state index contributed by atoms with van der Waals surface area (Å²) < 4.78 is 0.335. The lowest BCUT2D eigenvalue weighted by atomic mass is 10.1. The van der Waals surface area contributed by atoms with Gasteiger partial charge in [-0.15, -0.1) is 23.5 Å². The van der Waals surface area contributed by atoms with E-state index in [4.69, 9.17) is 0 Å². The molecule has 0 spiro atoms. The molecule has 0 N–H and O–H groups in total. The molecule has 1 aromatic carbocycles. The highest BCUT2D eigenvalue weighted by atomic mass is 32.2. The molecule has 0 amide bonds. The third kappa shape index (κ3) is 3.62. The number of rotatable bonds is 5. The Balaban J connectivity index is 2.11. The SMILES string of the molecule is CCSCCC1(c2ccccc2)SCCCS1. The van der Waals surface area contributed by atoms with Gasteiger partial charge in [-0.2, -0.15) is 11.8 Å². The molecule has 94 valence electrons. The Bertz CT molecular complexity index is 317. The maximum atomic E-state index is 2.31. The Kier molecular flexibility index (Phi) is 5.64. The van der Waals surface area contributed by atoms with Gasteiger partial charge in [0.25, 0.3) is 0 Å². The second kappa shape index (κ2) is 7.01. The van der Waals surface area contributed by atoms with E-state index in [1.54, 1.807) is 0 Å². The van der Waals surface area contributed by atoms with Gasteiger partial charge in [0.05, 0.1) is 4.08 Å². The molecule has 0 bridgehead atoms. The maximum absolute atomic E-state index is 2.31. The van der Waals surface area contributed by atoms with E-state index >= 15 is 0 Å². The Morgan fingerprint density at radius 1 is 1.18 bits per heavy atom.